The zero-order valence-electron chi connectivity index (χ0n) is 13.7. The van der Waals surface area contributed by atoms with E-state index in [1.807, 2.05) is 35.0 Å². The van der Waals surface area contributed by atoms with E-state index in [1.54, 1.807) is 12.1 Å². The average molecular weight is 391 g/mol. The fourth-order valence-corrected chi connectivity index (χ4v) is 5.10. The van der Waals surface area contributed by atoms with E-state index in [-0.39, 0.29) is 4.90 Å². The van der Waals surface area contributed by atoms with Crippen LogP contribution in [0.2, 0.25) is 5.02 Å². The average Bonchev–Trinajstić information content (AvgIpc) is 3.10. The Morgan fingerprint density at radius 3 is 2.50 bits per heavy atom. The van der Waals surface area contributed by atoms with E-state index in [2.05, 4.69) is 0 Å². The van der Waals surface area contributed by atoms with Gasteiger partial charge in [-0.15, -0.1) is 0 Å². The highest BCUT2D eigenvalue weighted by Gasteiger charge is 2.37. The molecule has 0 radical (unpaired) electrons. The van der Waals surface area contributed by atoms with E-state index >= 15 is 0 Å². The minimum Gasteiger partial charge on any atom is -0.348 e. The number of hydrogen-bond acceptors (Lipinski definition) is 2. The maximum absolute atomic E-state index is 13.6. The molecule has 0 spiro atoms. The number of fused-ring (bicyclic) bond motifs is 1. The number of hydrogen-bond donors (Lipinski definition) is 0. The predicted molar refractivity (Wildman–Crippen MR) is 98.0 cm³/mol. The van der Waals surface area contributed by atoms with E-state index in [0.29, 0.717) is 18.1 Å². The van der Waals surface area contributed by atoms with Crippen LogP contribution in [0.25, 0.3) is 0 Å². The lowest BCUT2D eigenvalue weighted by Crippen LogP contribution is -2.42. The van der Waals surface area contributed by atoms with Gasteiger partial charge in [0, 0.05) is 30.0 Å². The summed E-state index contributed by atoms with van der Waals surface area (Å²) >= 11 is 5.99. The molecule has 4 nitrogen and oxygen atoms in total. The number of aromatic nitrogens is 1. The minimum absolute atomic E-state index is 0.0449. The molecule has 1 unspecified atom stereocenters. The smallest absolute Gasteiger partial charge is 0.244 e. The molecule has 2 heterocycles. The Hall–Kier alpha value is -2.15. The third-order valence-corrected chi connectivity index (χ3v) is 6.69. The zero-order chi connectivity index (χ0) is 18.3. The van der Waals surface area contributed by atoms with Crippen LogP contribution in [0.3, 0.4) is 0 Å². The van der Waals surface area contributed by atoms with Gasteiger partial charge in [-0.25, -0.2) is 12.8 Å². The lowest BCUT2D eigenvalue weighted by Gasteiger charge is -2.36. The molecule has 2 aromatic carbocycles. The Morgan fingerprint density at radius 1 is 1.00 bits per heavy atom. The molecule has 0 amide bonds. The largest absolute Gasteiger partial charge is 0.348 e. The SMILES string of the molecule is O=S(=O)(c1cccc(F)c1)N1CCn2cccc2C1c1ccc(Cl)cc1. The van der Waals surface area contributed by atoms with Crippen LogP contribution in [-0.4, -0.2) is 23.8 Å². The third-order valence-electron chi connectivity index (χ3n) is 4.58. The predicted octanol–water partition coefficient (Wildman–Crippen LogP) is 4.07. The lowest BCUT2D eigenvalue weighted by atomic mass is 10.0. The van der Waals surface area contributed by atoms with Crippen molar-refractivity contribution in [1.29, 1.82) is 0 Å². The summed E-state index contributed by atoms with van der Waals surface area (Å²) in [4.78, 5) is -0.0449. The van der Waals surface area contributed by atoms with Crippen molar-refractivity contribution in [2.24, 2.45) is 0 Å². The van der Waals surface area contributed by atoms with Crippen LogP contribution in [0.5, 0.6) is 0 Å². The van der Waals surface area contributed by atoms with E-state index in [0.717, 1.165) is 17.3 Å². The highest BCUT2D eigenvalue weighted by Crippen LogP contribution is 2.36. The first-order chi connectivity index (χ1) is 12.5. The molecule has 0 aliphatic carbocycles. The summed E-state index contributed by atoms with van der Waals surface area (Å²) in [5.74, 6) is -0.575. The summed E-state index contributed by atoms with van der Waals surface area (Å²) in [6.45, 7) is 0.842. The van der Waals surface area contributed by atoms with Crippen molar-refractivity contribution in [1.82, 2.24) is 8.87 Å². The zero-order valence-corrected chi connectivity index (χ0v) is 15.3. The van der Waals surface area contributed by atoms with Crippen molar-refractivity contribution in [3.8, 4) is 0 Å². The van der Waals surface area contributed by atoms with Gasteiger partial charge in [0.15, 0.2) is 0 Å². The van der Waals surface area contributed by atoms with Crippen molar-refractivity contribution in [2.45, 2.75) is 17.5 Å². The molecule has 0 fully saturated rings. The summed E-state index contributed by atoms with van der Waals surface area (Å²) < 4.78 is 43.6. The van der Waals surface area contributed by atoms with Crippen LogP contribution in [0.4, 0.5) is 4.39 Å². The second kappa shape index (κ2) is 6.54. The van der Waals surface area contributed by atoms with E-state index < -0.39 is 21.9 Å². The standard InChI is InChI=1S/C19H16ClFN2O2S/c20-15-8-6-14(7-9-15)19-18-5-2-10-22(18)11-12-23(19)26(24,25)17-4-1-3-16(21)13-17/h1-10,13,19H,11-12H2. The summed E-state index contributed by atoms with van der Waals surface area (Å²) in [7, 11) is -3.87. The van der Waals surface area contributed by atoms with Gasteiger partial charge in [0.2, 0.25) is 10.0 Å². The summed E-state index contributed by atoms with van der Waals surface area (Å²) in [6, 6.07) is 15.6. The lowest BCUT2D eigenvalue weighted by molar-refractivity contribution is 0.298. The van der Waals surface area contributed by atoms with Gasteiger partial charge in [-0.1, -0.05) is 29.8 Å². The van der Waals surface area contributed by atoms with Crippen LogP contribution >= 0.6 is 11.6 Å². The van der Waals surface area contributed by atoms with Gasteiger partial charge in [0.05, 0.1) is 10.9 Å². The van der Waals surface area contributed by atoms with Crippen molar-refractivity contribution >= 4 is 21.6 Å². The number of sulfonamides is 1. The van der Waals surface area contributed by atoms with Crippen LogP contribution < -0.4 is 0 Å². The number of halogens is 2. The third kappa shape index (κ3) is 2.94. The first kappa shape index (κ1) is 17.3. The molecule has 4 rings (SSSR count). The van der Waals surface area contributed by atoms with Gasteiger partial charge < -0.3 is 4.57 Å². The maximum Gasteiger partial charge on any atom is 0.244 e. The van der Waals surface area contributed by atoms with Gasteiger partial charge >= 0.3 is 0 Å². The molecule has 1 aromatic heterocycles. The summed E-state index contributed by atoms with van der Waals surface area (Å²) in [5.41, 5.74) is 1.69. The van der Waals surface area contributed by atoms with Crippen LogP contribution in [0.15, 0.2) is 71.8 Å². The summed E-state index contributed by atoms with van der Waals surface area (Å²) in [6.07, 6.45) is 1.93. The molecule has 1 aliphatic heterocycles. The molecule has 0 saturated heterocycles. The van der Waals surface area contributed by atoms with Crippen molar-refractivity contribution in [3.63, 3.8) is 0 Å². The van der Waals surface area contributed by atoms with E-state index in [4.69, 9.17) is 11.6 Å². The Balaban J connectivity index is 1.85. The van der Waals surface area contributed by atoms with E-state index in [1.165, 1.54) is 22.5 Å². The van der Waals surface area contributed by atoms with E-state index in [9.17, 15) is 12.8 Å². The monoisotopic (exact) mass is 390 g/mol. The fraction of sp³-hybridized carbons (Fsp3) is 0.158. The molecule has 7 heteroatoms. The van der Waals surface area contributed by atoms with Crippen LogP contribution in [-0.2, 0) is 16.6 Å². The number of nitrogens with zero attached hydrogens (tertiary/aromatic N) is 2. The van der Waals surface area contributed by atoms with Gasteiger partial charge in [-0.2, -0.15) is 4.31 Å². The number of benzene rings is 2. The molecule has 1 aliphatic rings. The number of rotatable bonds is 3. The molecular formula is C19H16ClFN2O2S. The highest BCUT2D eigenvalue weighted by atomic mass is 35.5. The fourth-order valence-electron chi connectivity index (χ4n) is 3.37. The van der Waals surface area contributed by atoms with Gasteiger partial charge in [0.1, 0.15) is 5.82 Å². The summed E-state index contributed by atoms with van der Waals surface area (Å²) in [5, 5.41) is 0.583. The molecule has 1 atom stereocenters. The van der Waals surface area contributed by atoms with Gasteiger partial charge in [-0.3, -0.25) is 0 Å². The first-order valence-electron chi connectivity index (χ1n) is 8.15. The van der Waals surface area contributed by atoms with Crippen LogP contribution in [0.1, 0.15) is 17.3 Å². The molecule has 26 heavy (non-hydrogen) atoms. The molecule has 3 aromatic rings. The molecule has 0 bridgehead atoms. The second-order valence-corrected chi connectivity index (χ2v) is 8.48. The van der Waals surface area contributed by atoms with Crippen molar-refractivity contribution in [3.05, 3.63) is 89.0 Å². The normalized spacial score (nSPS) is 17.8. The Kier molecular flexibility index (Phi) is 4.34. The van der Waals surface area contributed by atoms with Crippen molar-refractivity contribution in [2.75, 3.05) is 6.54 Å². The Morgan fingerprint density at radius 2 is 1.77 bits per heavy atom. The quantitative estimate of drug-likeness (QED) is 0.676. The Labute approximate surface area is 156 Å². The molecule has 0 saturated carbocycles. The first-order valence-corrected chi connectivity index (χ1v) is 9.96. The molecular weight excluding hydrogens is 375 g/mol. The minimum atomic E-state index is -3.87. The van der Waals surface area contributed by atoms with Gasteiger partial charge in [-0.05, 0) is 48.0 Å². The Bertz CT molecular complexity index is 1050. The molecule has 0 N–H and O–H groups in total. The second-order valence-electron chi connectivity index (χ2n) is 6.15. The topological polar surface area (TPSA) is 42.3 Å². The highest BCUT2D eigenvalue weighted by molar-refractivity contribution is 7.89. The molecule has 134 valence electrons. The van der Waals surface area contributed by atoms with Gasteiger partial charge in [0.25, 0.3) is 0 Å². The van der Waals surface area contributed by atoms with Crippen LogP contribution in [0, 0.1) is 5.82 Å². The van der Waals surface area contributed by atoms with Crippen molar-refractivity contribution < 1.29 is 12.8 Å². The maximum atomic E-state index is 13.6.